The van der Waals surface area contributed by atoms with Gasteiger partial charge in [0.1, 0.15) is 11.3 Å². The van der Waals surface area contributed by atoms with Crippen LogP contribution in [0.15, 0.2) is 51.6 Å². The molecule has 26 heavy (non-hydrogen) atoms. The summed E-state index contributed by atoms with van der Waals surface area (Å²) < 4.78 is 27.3. The summed E-state index contributed by atoms with van der Waals surface area (Å²) in [4.78, 5) is 24.6. The highest BCUT2D eigenvalue weighted by Crippen LogP contribution is 2.48. The van der Waals surface area contributed by atoms with Crippen LogP contribution in [0.4, 0.5) is 4.39 Å². The van der Waals surface area contributed by atoms with Gasteiger partial charge in [-0.3, -0.25) is 4.79 Å². The lowest BCUT2D eigenvalue weighted by atomic mass is 9.82. The van der Waals surface area contributed by atoms with E-state index >= 15 is 4.39 Å². The Morgan fingerprint density at radius 2 is 2.00 bits per heavy atom. The molecule has 0 spiro atoms. The Labute approximate surface area is 155 Å². The van der Waals surface area contributed by atoms with Gasteiger partial charge in [-0.1, -0.05) is 34.1 Å². The normalized spacial score (nSPS) is 22.1. The number of ketones is 1. The van der Waals surface area contributed by atoms with E-state index in [1.54, 1.807) is 25.1 Å². The summed E-state index contributed by atoms with van der Waals surface area (Å²) in [5.41, 5.74) is -1.95. The largest absolute Gasteiger partial charge is 0.480 e. The average Bonchev–Trinajstić information content (AvgIpc) is 3.00. The van der Waals surface area contributed by atoms with E-state index in [0.29, 0.717) is 21.0 Å². The zero-order valence-corrected chi connectivity index (χ0v) is 15.0. The molecule has 0 bridgehead atoms. The minimum absolute atomic E-state index is 0.116. The van der Waals surface area contributed by atoms with Crippen LogP contribution in [-0.4, -0.2) is 22.5 Å². The summed E-state index contributed by atoms with van der Waals surface area (Å²) >= 11 is 3.28. The van der Waals surface area contributed by atoms with Crippen LogP contribution in [0.25, 0.3) is 11.0 Å². The van der Waals surface area contributed by atoms with Gasteiger partial charge in [0.25, 0.3) is 0 Å². The van der Waals surface area contributed by atoms with Crippen molar-refractivity contribution in [3.8, 4) is 5.75 Å². The van der Waals surface area contributed by atoms with Crippen molar-refractivity contribution in [3.05, 3.63) is 63.8 Å². The van der Waals surface area contributed by atoms with Gasteiger partial charge in [0.15, 0.2) is 6.10 Å². The number of carbonyl (C=O) groups excluding carboxylic acids is 1. The van der Waals surface area contributed by atoms with Crippen LogP contribution in [0.5, 0.6) is 5.75 Å². The number of benzene rings is 2. The molecule has 5 nitrogen and oxygen atoms in total. The third-order valence-electron chi connectivity index (χ3n) is 4.55. The van der Waals surface area contributed by atoms with Crippen molar-refractivity contribution in [2.24, 2.45) is 0 Å². The number of fused-ring (bicyclic) bond motifs is 3. The van der Waals surface area contributed by atoms with Crippen molar-refractivity contribution in [1.82, 2.24) is 0 Å². The average molecular weight is 419 g/mol. The molecule has 2 heterocycles. The van der Waals surface area contributed by atoms with Gasteiger partial charge in [-0.05, 0) is 30.7 Å². The fourth-order valence-electron chi connectivity index (χ4n) is 3.24. The molecule has 0 aliphatic carbocycles. The topological polar surface area (TPSA) is 76.7 Å². The van der Waals surface area contributed by atoms with Crippen LogP contribution in [0.2, 0.25) is 0 Å². The number of carbonyl (C=O) groups is 2. The highest BCUT2D eigenvalue weighted by atomic mass is 79.9. The molecule has 0 radical (unpaired) electrons. The Morgan fingerprint density at radius 1 is 1.27 bits per heavy atom. The van der Waals surface area contributed by atoms with Gasteiger partial charge in [-0.2, -0.15) is 0 Å². The minimum Gasteiger partial charge on any atom is -0.480 e. The Hall–Kier alpha value is -2.67. The lowest BCUT2D eigenvalue weighted by molar-refractivity contribution is -0.154. The molecule has 0 saturated heterocycles. The number of carboxylic acids is 1. The zero-order chi connectivity index (χ0) is 18.6. The van der Waals surface area contributed by atoms with E-state index in [0.717, 1.165) is 0 Å². The number of alkyl halides is 1. The molecule has 0 amide bonds. The Kier molecular flexibility index (Phi) is 3.66. The van der Waals surface area contributed by atoms with E-state index in [1.165, 1.54) is 24.5 Å². The van der Waals surface area contributed by atoms with Crippen LogP contribution >= 0.6 is 15.9 Å². The van der Waals surface area contributed by atoms with E-state index < -0.39 is 23.5 Å². The number of ether oxygens (including phenoxy) is 1. The number of halogens is 2. The SMILES string of the molecule is Cc1coc2ccc3c(c12)OC(c1ccccc1Br)C(F)(C(=O)O)C3=O. The molecule has 2 aromatic carbocycles. The summed E-state index contributed by atoms with van der Waals surface area (Å²) in [6.07, 6.45) is -0.142. The highest BCUT2D eigenvalue weighted by molar-refractivity contribution is 9.10. The fourth-order valence-corrected chi connectivity index (χ4v) is 3.73. The first-order valence-corrected chi connectivity index (χ1v) is 8.54. The van der Waals surface area contributed by atoms with Crippen molar-refractivity contribution in [2.45, 2.75) is 18.7 Å². The molecule has 0 fully saturated rings. The second kappa shape index (κ2) is 5.67. The maximum absolute atomic E-state index is 15.6. The molecule has 132 valence electrons. The van der Waals surface area contributed by atoms with Crippen molar-refractivity contribution < 1.29 is 28.2 Å². The Balaban J connectivity index is 2.03. The highest BCUT2D eigenvalue weighted by Gasteiger charge is 2.60. The lowest BCUT2D eigenvalue weighted by Crippen LogP contribution is -2.52. The molecule has 1 aromatic heterocycles. The number of aryl methyl sites for hydroxylation is 1. The van der Waals surface area contributed by atoms with Crippen LogP contribution in [0, 0.1) is 6.92 Å². The first kappa shape index (κ1) is 16.8. The van der Waals surface area contributed by atoms with Crippen LogP contribution < -0.4 is 4.74 Å². The van der Waals surface area contributed by atoms with Crippen LogP contribution in [-0.2, 0) is 4.79 Å². The maximum Gasteiger partial charge on any atom is 0.354 e. The first-order valence-electron chi connectivity index (χ1n) is 7.74. The second-order valence-electron chi connectivity index (χ2n) is 6.10. The molecule has 4 rings (SSSR count). The van der Waals surface area contributed by atoms with E-state index in [-0.39, 0.29) is 16.9 Å². The van der Waals surface area contributed by atoms with Crippen molar-refractivity contribution in [3.63, 3.8) is 0 Å². The third kappa shape index (κ3) is 2.13. The number of aliphatic carboxylic acids is 1. The van der Waals surface area contributed by atoms with Gasteiger partial charge in [-0.25, -0.2) is 9.18 Å². The molecule has 1 aliphatic rings. The molecule has 0 saturated carbocycles. The van der Waals surface area contributed by atoms with Crippen LogP contribution in [0.1, 0.15) is 27.6 Å². The number of rotatable bonds is 2. The second-order valence-corrected chi connectivity index (χ2v) is 6.95. The van der Waals surface area contributed by atoms with Gasteiger partial charge < -0.3 is 14.3 Å². The molecule has 1 N–H and O–H groups in total. The third-order valence-corrected chi connectivity index (χ3v) is 5.27. The van der Waals surface area contributed by atoms with Crippen LogP contribution in [0.3, 0.4) is 0 Å². The maximum atomic E-state index is 15.6. The predicted octanol–water partition coefficient (Wildman–Crippen LogP) is 4.61. The molecule has 3 aromatic rings. The Bertz CT molecular complexity index is 1070. The number of carboxylic acid groups (broad SMARTS) is 1. The number of furan rings is 1. The van der Waals surface area contributed by atoms with E-state index in [4.69, 9.17) is 9.15 Å². The quantitative estimate of drug-likeness (QED) is 0.614. The summed E-state index contributed by atoms with van der Waals surface area (Å²) in [6, 6.07) is 9.30. The smallest absolute Gasteiger partial charge is 0.354 e. The monoisotopic (exact) mass is 418 g/mol. The molecular formula is C19H12BrFO5. The van der Waals surface area contributed by atoms with E-state index in [2.05, 4.69) is 15.9 Å². The lowest BCUT2D eigenvalue weighted by Gasteiger charge is -2.35. The van der Waals surface area contributed by atoms with E-state index in [9.17, 15) is 14.7 Å². The number of Topliss-reactive ketones (excluding diaryl/α,β-unsaturated/α-hetero) is 1. The predicted molar refractivity (Wildman–Crippen MR) is 94.3 cm³/mol. The summed E-state index contributed by atoms with van der Waals surface area (Å²) in [5.74, 6) is -2.90. The molecular weight excluding hydrogens is 407 g/mol. The van der Waals surface area contributed by atoms with Gasteiger partial charge in [0.2, 0.25) is 5.78 Å². The van der Waals surface area contributed by atoms with E-state index in [1.807, 2.05) is 0 Å². The van der Waals surface area contributed by atoms with Crippen molar-refractivity contribution in [1.29, 1.82) is 0 Å². The Morgan fingerprint density at radius 3 is 2.69 bits per heavy atom. The molecule has 2 atom stereocenters. The molecule has 1 aliphatic heterocycles. The fraction of sp³-hybridized carbons (Fsp3) is 0.158. The standard InChI is InChI=1S/C19H12BrFO5/c1-9-8-25-13-7-6-11-15(14(9)13)26-17(10-4-2-3-5-12(10)20)19(21,16(11)22)18(23)24/h2-8,17H,1H3,(H,23,24). The van der Waals surface area contributed by atoms with Crippen molar-refractivity contribution >= 4 is 38.7 Å². The molecule has 7 heteroatoms. The summed E-state index contributed by atoms with van der Waals surface area (Å²) in [7, 11) is 0. The van der Waals surface area contributed by atoms with Gasteiger partial charge in [0, 0.05) is 10.0 Å². The van der Waals surface area contributed by atoms with Gasteiger partial charge in [-0.15, -0.1) is 0 Å². The molecule has 2 unspecified atom stereocenters. The first-order chi connectivity index (χ1) is 12.4. The van der Waals surface area contributed by atoms with Gasteiger partial charge in [0.05, 0.1) is 17.2 Å². The number of hydrogen-bond donors (Lipinski definition) is 1. The minimum atomic E-state index is -3.25. The summed E-state index contributed by atoms with van der Waals surface area (Å²) in [5, 5.41) is 10.1. The zero-order valence-electron chi connectivity index (χ0n) is 13.5. The number of hydrogen-bond acceptors (Lipinski definition) is 4. The van der Waals surface area contributed by atoms with Gasteiger partial charge >= 0.3 is 11.6 Å². The van der Waals surface area contributed by atoms with Crippen molar-refractivity contribution in [2.75, 3.05) is 0 Å². The summed E-state index contributed by atoms with van der Waals surface area (Å²) in [6.45, 7) is 1.77.